The van der Waals surface area contributed by atoms with Gasteiger partial charge in [-0.05, 0) is 30.2 Å². The largest absolute Gasteiger partial charge is 0.271 e. The quantitative estimate of drug-likeness (QED) is 0.664. The summed E-state index contributed by atoms with van der Waals surface area (Å²) in [6.07, 6.45) is 0. The van der Waals surface area contributed by atoms with Crippen LogP contribution in [0.3, 0.4) is 0 Å². The Hall–Kier alpha value is -0.230. The monoisotopic (exact) mass is 300 g/mol. The number of hydrogen-bond acceptors (Lipinski definition) is 4. The van der Waals surface area contributed by atoms with Crippen LogP contribution in [0.2, 0.25) is 0 Å². The van der Waals surface area contributed by atoms with Gasteiger partial charge in [-0.3, -0.25) is 11.3 Å². The number of thioether (sulfide) groups is 2. The van der Waals surface area contributed by atoms with Gasteiger partial charge in [0, 0.05) is 21.5 Å². The van der Waals surface area contributed by atoms with Gasteiger partial charge in [-0.2, -0.15) is 23.5 Å². The molecule has 0 aromatic heterocycles. The highest BCUT2D eigenvalue weighted by Crippen LogP contribution is 2.40. The molecule has 1 aliphatic heterocycles. The zero-order chi connectivity index (χ0) is 14.0. The molecule has 0 spiro atoms. The van der Waals surface area contributed by atoms with Gasteiger partial charge >= 0.3 is 0 Å². The van der Waals surface area contributed by atoms with Gasteiger partial charge in [-0.1, -0.05) is 19.9 Å². The van der Waals surface area contributed by atoms with E-state index in [0.29, 0.717) is 15.7 Å². The van der Waals surface area contributed by atoms with Crippen molar-refractivity contribution in [3.63, 3.8) is 0 Å². The predicted molar refractivity (Wildman–Crippen MR) is 84.0 cm³/mol. The van der Waals surface area contributed by atoms with E-state index in [0.717, 1.165) is 16.9 Å². The van der Waals surface area contributed by atoms with Crippen molar-refractivity contribution < 1.29 is 4.39 Å². The fourth-order valence-electron chi connectivity index (χ4n) is 2.34. The summed E-state index contributed by atoms with van der Waals surface area (Å²) in [5, 5.41) is 1.63. The third-order valence-corrected chi connectivity index (χ3v) is 7.04. The lowest BCUT2D eigenvalue weighted by molar-refractivity contribution is 0.542. The number of halogens is 1. The molecule has 1 heterocycles. The number of aryl methyl sites for hydroxylation is 1. The molecule has 0 saturated carbocycles. The van der Waals surface area contributed by atoms with Crippen molar-refractivity contribution in [3.05, 3.63) is 35.1 Å². The summed E-state index contributed by atoms with van der Waals surface area (Å²) < 4.78 is 13.5. The Kier molecular flexibility index (Phi) is 5.17. The number of hydrazine groups is 1. The molecule has 0 amide bonds. The standard InChI is InChI=1S/C14H21FN2S2/c1-8-4-11(6-12(15)5-8)14(17-16)13-7-18-9(2)10(3)19-13/h4-6,9-10,13-14,17H,7,16H2,1-3H3. The van der Waals surface area contributed by atoms with Gasteiger partial charge in [0.15, 0.2) is 0 Å². The lowest BCUT2D eigenvalue weighted by Gasteiger charge is -2.35. The first kappa shape index (κ1) is 15.2. The summed E-state index contributed by atoms with van der Waals surface area (Å²) in [5.74, 6) is 6.57. The van der Waals surface area contributed by atoms with Crippen molar-refractivity contribution in [1.29, 1.82) is 0 Å². The SMILES string of the molecule is Cc1cc(F)cc(C(NN)C2CSC(C)C(C)S2)c1. The topological polar surface area (TPSA) is 38.0 Å². The maximum absolute atomic E-state index is 13.5. The fraction of sp³-hybridized carbons (Fsp3) is 0.571. The Morgan fingerprint density at radius 1 is 1.32 bits per heavy atom. The van der Waals surface area contributed by atoms with E-state index in [9.17, 15) is 4.39 Å². The van der Waals surface area contributed by atoms with Crippen LogP contribution in [-0.2, 0) is 0 Å². The molecule has 4 unspecified atom stereocenters. The molecule has 19 heavy (non-hydrogen) atoms. The smallest absolute Gasteiger partial charge is 0.123 e. The lowest BCUT2D eigenvalue weighted by Crippen LogP contribution is -2.40. The van der Waals surface area contributed by atoms with Crippen molar-refractivity contribution in [2.45, 2.75) is 42.6 Å². The van der Waals surface area contributed by atoms with Crippen molar-refractivity contribution in [2.24, 2.45) is 5.84 Å². The molecule has 1 saturated heterocycles. The average molecular weight is 300 g/mol. The number of benzene rings is 1. The van der Waals surface area contributed by atoms with E-state index in [2.05, 4.69) is 19.3 Å². The predicted octanol–water partition coefficient (Wildman–Crippen LogP) is 3.26. The lowest BCUT2D eigenvalue weighted by atomic mass is 10.0. The highest BCUT2D eigenvalue weighted by atomic mass is 32.2. The second-order valence-electron chi connectivity index (χ2n) is 5.12. The Bertz CT molecular complexity index is 421. The highest BCUT2D eigenvalue weighted by Gasteiger charge is 2.31. The highest BCUT2D eigenvalue weighted by molar-refractivity contribution is 8.07. The van der Waals surface area contributed by atoms with Crippen LogP contribution in [0.25, 0.3) is 0 Å². The van der Waals surface area contributed by atoms with Crippen LogP contribution in [-0.4, -0.2) is 21.5 Å². The fourth-order valence-corrected chi connectivity index (χ4v) is 5.45. The Labute approximate surface area is 123 Å². The van der Waals surface area contributed by atoms with Crippen molar-refractivity contribution in [2.75, 3.05) is 5.75 Å². The summed E-state index contributed by atoms with van der Waals surface area (Å²) in [5.41, 5.74) is 4.76. The molecule has 0 radical (unpaired) electrons. The first-order chi connectivity index (χ1) is 9.01. The van der Waals surface area contributed by atoms with Gasteiger partial charge in [0.2, 0.25) is 0 Å². The zero-order valence-corrected chi connectivity index (χ0v) is 13.2. The molecule has 1 aromatic carbocycles. The molecule has 2 nitrogen and oxygen atoms in total. The summed E-state index contributed by atoms with van der Waals surface area (Å²) >= 11 is 3.92. The molecule has 2 rings (SSSR count). The van der Waals surface area contributed by atoms with Gasteiger partial charge in [0.1, 0.15) is 5.82 Å². The molecule has 4 atom stereocenters. The van der Waals surface area contributed by atoms with Crippen LogP contribution in [0.1, 0.15) is 31.0 Å². The normalized spacial score (nSPS) is 29.2. The van der Waals surface area contributed by atoms with E-state index in [1.807, 2.05) is 36.5 Å². The van der Waals surface area contributed by atoms with E-state index < -0.39 is 0 Å². The van der Waals surface area contributed by atoms with Crippen LogP contribution in [0.15, 0.2) is 18.2 Å². The third-order valence-electron chi connectivity index (χ3n) is 3.55. The number of nitrogens with two attached hydrogens (primary N) is 1. The van der Waals surface area contributed by atoms with Gasteiger partial charge in [-0.25, -0.2) is 4.39 Å². The summed E-state index contributed by atoms with van der Waals surface area (Å²) in [7, 11) is 0. The molecule has 1 aliphatic rings. The van der Waals surface area contributed by atoms with Crippen LogP contribution in [0, 0.1) is 12.7 Å². The Balaban J connectivity index is 2.19. The second-order valence-corrected chi connectivity index (χ2v) is 8.16. The average Bonchev–Trinajstić information content (AvgIpc) is 2.33. The van der Waals surface area contributed by atoms with E-state index in [1.54, 1.807) is 12.1 Å². The zero-order valence-electron chi connectivity index (χ0n) is 11.5. The van der Waals surface area contributed by atoms with Crippen molar-refractivity contribution in [3.8, 4) is 0 Å². The Morgan fingerprint density at radius 2 is 2.05 bits per heavy atom. The molecule has 5 heteroatoms. The van der Waals surface area contributed by atoms with E-state index in [1.165, 1.54) is 0 Å². The summed E-state index contributed by atoms with van der Waals surface area (Å²) in [6, 6.07) is 5.15. The first-order valence-electron chi connectivity index (χ1n) is 6.51. The number of hydrogen-bond donors (Lipinski definition) is 2. The molecule has 3 N–H and O–H groups in total. The van der Waals surface area contributed by atoms with E-state index in [4.69, 9.17) is 5.84 Å². The third kappa shape index (κ3) is 3.66. The first-order valence-corrected chi connectivity index (χ1v) is 8.50. The van der Waals surface area contributed by atoms with Crippen molar-refractivity contribution >= 4 is 23.5 Å². The van der Waals surface area contributed by atoms with Crippen LogP contribution in [0.5, 0.6) is 0 Å². The molecule has 0 bridgehead atoms. The number of nitrogens with one attached hydrogen (secondary N) is 1. The Morgan fingerprint density at radius 3 is 2.63 bits per heavy atom. The molecular weight excluding hydrogens is 279 g/mol. The molecule has 1 fully saturated rings. The minimum absolute atomic E-state index is 0.00171. The van der Waals surface area contributed by atoms with E-state index in [-0.39, 0.29) is 11.9 Å². The minimum atomic E-state index is -0.190. The molecule has 106 valence electrons. The molecule has 0 aliphatic carbocycles. The van der Waals surface area contributed by atoms with Crippen molar-refractivity contribution in [1.82, 2.24) is 5.43 Å². The summed E-state index contributed by atoms with van der Waals surface area (Å²) in [4.78, 5) is 0. The maximum atomic E-state index is 13.5. The summed E-state index contributed by atoms with van der Waals surface area (Å²) in [6.45, 7) is 6.42. The van der Waals surface area contributed by atoms with Crippen LogP contribution < -0.4 is 11.3 Å². The van der Waals surface area contributed by atoms with Gasteiger partial charge in [-0.15, -0.1) is 0 Å². The van der Waals surface area contributed by atoms with Gasteiger partial charge < -0.3 is 0 Å². The van der Waals surface area contributed by atoms with Crippen LogP contribution >= 0.6 is 23.5 Å². The molecule has 1 aromatic rings. The van der Waals surface area contributed by atoms with Gasteiger partial charge in [0.05, 0.1) is 6.04 Å². The molecular formula is C14H21FN2S2. The minimum Gasteiger partial charge on any atom is -0.271 e. The van der Waals surface area contributed by atoms with Gasteiger partial charge in [0.25, 0.3) is 0 Å². The van der Waals surface area contributed by atoms with Crippen LogP contribution in [0.4, 0.5) is 4.39 Å². The van der Waals surface area contributed by atoms with E-state index >= 15 is 0 Å². The second kappa shape index (κ2) is 6.48. The maximum Gasteiger partial charge on any atom is 0.123 e. The number of rotatable bonds is 3.